The second-order valence-corrected chi connectivity index (χ2v) is 3.69. The third-order valence-corrected chi connectivity index (χ3v) is 2.41. The Morgan fingerprint density at radius 2 is 2.15 bits per heavy atom. The first-order chi connectivity index (χ1) is 9.71. The summed E-state index contributed by atoms with van der Waals surface area (Å²) in [5.41, 5.74) is 8.90. The zero-order valence-electron chi connectivity index (χ0n) is 11.4. The summed E-state index contributed by atoms with van der Waals surface area (Å²) in [6.07, 6.45) is 3.06. The lowest BCUT2D eigenvalue weighted by Crippen LogP contribution is -2.23. The predicted molar refractivity (Wildman–Crippen MR) is 75.6 cm³/mol. The van der Waals surface area contributed by atoms with E-state index in [0.717, 1.165) is 5.56 Å². The van der Waals surface area contributed by atoms with Gasteiger partial charge < -0.3 is 14.8 Å². The lowest BCUT2D eigenvalue weighted by Gasteiger charge is -2.07. The van der Waals surface area contributed by atoms with Gasteiger partial charge in [0.1, 0.15) is 0 Å². The average Bonchev–Trinajstić information content (AvgIpc) is 2.49. The van der Waals surface area contributed by atoms with Gasteiger partial charge in [0, 0.05) is 24.1 Å². The van der Waals surface area contributed by atoms with Crippen LogP contribution in [0.4, 0.5) is 0 Å². The molecular formula is C13H16N4O3. The molecule has 1 N–H and O–H groups in total. The maximum absolute atomic E-state index is 11.5. The van der Waals surface area contributed by atoms with E-state index in [1.807, 2.05) is 6.07 Å². The third kappa shape index (κ3) is 4.91. The van der Waals surface area contributed by atoms with Crippen LogP contribution in [0, 0.1) is 0 Å². The number of azide groups is 1. The molecule has 0 unspecified atom stereocenters. The fraction of sp³-hybridized carbons (Fsp3) is 0.308. The van der Waals surface area contributed by atoms with Crippen molar-refractivity contribution in [2.45, 2.75) is 0 Å². The molecule has 0 aromatic heterocycles. The first kappa shape index (κ1) is 15.4. The number of methoxy groups -OCH3 is 2. The highest BCUT2D eigenvalue weighted by atomic mass is 16.5. The fourth-order valence-corrected chi connectivity index (χ4v) is 1.46. The maximum Gasteiger partial charge on any atom is 0.243 e. The monoisotopic (exact) mass is 276 g/mol. The zero-order valence-corrected chi connectivity index (χ0v) is 11.4. The molecule has 1 aromatic rings. The topological polar surface area (TPSA) is 96.3 Å². The van der Waals surface area contributed by atoms with Gasteiger partial charge in [-0.25, -0.2) is 0 Å². The summed E-state index contributed by atoms with van der Waals surface area (Å²) in [4.78, 5) is 14.1. The van der Waals surface area contributed by atoms with Crippen molar-refractivity contribution >= 4 is 12.0 Å². The van der Waals surface area contributed by atoms with Crippen LogP contribution >= 0.6 is 0 Å². The molecule has 0 aliphatic rings. The van der Waals surface area contributed by atoms with Crippen LogP contribution in [0.3, 0.4) is 0 Å². The highest BCUT2D eigenvalue weighted by molar-refractivity contribution is 5.91. The minimum Gasteiger partial charge on any atom is -0.493 e. The Morgan fingerprint density at radius 1 is 1.40 bits per heavy atom. The standard InChI is InChI=1S/C13H16N4O3/c1-19-11-5-3-10(9-12(11)20-2)4-6-13(18)15-7-8-16-17-14/h3-6,9H,7-8H2,1-2H3,(H,15,18)/b6-4+. The molecular weight excluding hydrogens is 260 g/mol. The van der Waals surface area contributed by atoms with Crippen molar-refractivity contribution in [1.82, 2.24) is 5.32 Å². The summed E-state index contributed by atoms with van der Waals surface area (Å²) >= 11 is 0. The molecule has 7 nitrogen and oxygen atoms in total. The van der Waals surface area contributed by atoms with E-state index in [1.165, 1.54) is 6.08 Å². The Bertz CT molecular complexity index is 536. The Kier molecular flexibility index (Phi) is 6.50. The van der Waals surface area contributed by atoms with Crippen LogP contribution in [0.1, 0.15) is 5.56 Å². The van der Waals surface area contributed by atoms with Crippen molar-refractivity contribution in [2.24, 2.45) is 5.11 Å². The first-order valence-electron chi connectivity index (χ1n) is 5.90. The largest absolute Gasteiger partial charge is 0.493 e. The number of rotatable bonds is 7. The summed E-state index contributed by atoms with van der Waals surface area (Å²) in [5.74, 6) is 0.967. The van der Waals surface area contributed by atoms with Crippen LogP contribution in [0.2, 0.25) is 0 Å². The van der Waals surface area contributed by atoms with E-state index in [2.05, 4.69) is 15.3 Å². The van der Waals surface area contributed by atoms with Crippen LogP contribution in [-0.2, 0) is 4.79 Å². The van der Waals surface area contributed by atoms with E-state index in [-0.39, 0.29) is 12.5 Å². The van der Waals surface area contributed by atoms with Crippen LogP contribution in [0.15, 0.2) is 29.4 Å². The number of benzene rings is 1. The predicted octanol–water partition coefficient (Wildman–Crippen LogP) is 2.14. The Labute approximate surface area is 116 Å². The Hall–Kier alpha value is -2.66. The number of amides is 1. The van der Waals surface area contributed by atoms with Gasteiger partial charge in [-0.1, -0.05) is 11.2 Å². The Morgan fingerprint density at radius 3 is 2.80 bits per heavy atom. The fourth-order valence-electron chi connectivity index (χ4n) is 1.46. The van der Waals surface area contributed by atoms with Gasteiger partial charge in [0.2, 0.25) is 5.91 Å². The number of hydrogen-bond acceptors (Lipinski definition) is 4. The van der Waals surface area contributed by atoms with Crippen molar-refractivity contribution in [2.75, 3.05) is 27.3 Å². The summed E-state index contributed by atoms with van der Waals surface area (Å²) in [6, 6.07) is 5.34. The number of nitrogens with zero attached hydrogens (tertiary/aromatic N) is 3. The summed E-state index contributed by atoms with van der Waals surface area (Å²) < 4.78 is 10.3. The molecule has 1 aromatic carbocycles. The SMILES string of the molecule is COc1ccc(/C=C/C(=O)NCCN=[N+]=[N-])cc1OC. The molecule has 106 valence electrons. The van der Waals surface area contributed by atoms with E-state index in [9.17, 15) is 4.79 Å². The lowest BCUT2D eigenvalue weighted by atomic mass is 10.2. The molecule has 0 spiro atoms. The minimum atomic E-state index is -0.257. The van der Waals surface area contributed by atoms with Crippen LogP contribution in [0.25, 0.3) is 16.5 Å². The second kappa shape index (κ2) is 8.44. The maximum atomic E-state index is 11.5. The molecule has 0 saturated heterocycles. The number of nitrogens with one attached hydrogen (secondary N) is 1. The van der Waals surface area contributed by atoms with E-state index in [4.69, 9.17) is 15.0 Å². The van der Waals surface area contributed by atoms with Crippen molar-refractivity contribution in [3.8, 4) is 11.5 Å². The molecule has 0 heterocycles. The van der Waals surface area contributed by atoms with Crippen LogP contribution in [0.5, 0.6) is 11.5 Å². The van der Waals surface area contributed by atoms with Gasteiger partial charge in [-0.15, -0.1) is 0 Å². The van der Waals surface area contributed by atoms with Crippen LogP contribution in [-0.4, -0.2) is 33.2 Å². The molecule has 0 saturated carbocycles. The molecule has 7 heteroatoms. The molecule has 0 radical (unpaired) electrons. The van der Waals surface area contributed by atoms with E-state index in [0.29, 0.717) is 18.0 Å². The van der Waals surface area contributed by atoms with Gasteiger partial charge in [-0.2, -0.15) is 0 Å². The molecule has 1 amide bonds. The van der Waals surface area contributed by atoms with Crippen molar-refractivity contribution < 1.29 is 14.3 Å². The molecule has 1 rings (SSSR count). The third-order valence-electron chi connectivity index (χ3n) is 2.41. The van der Waals surface area contributed by atoms with Gasteiger partial charge in [0.25, 0.3) is 0 Å². The van der Waals surface area contributed by atoms with E-state index < -0.39 is 0 Å². The number of ether oxygens (including phenoxy) is 2. The van der Waals surface area contributed by atoms with Crippen molar-refractivity contribution in [1.29, 1.82) is 0 Å². The minimum absolute atomic E-state index is 0.229. The van der Waals surface area contributed by atoms with Crippen molar-refractivity contribution in [3.63, 3.8) is 0 Å². The summed E-state index contributed by atoms with van der Waals surface area (Å²) in [7, 11) is 3.11. The normalized spacial score (nSPS) is 9.90. The Balaban J connectivity index is 2.61. The van der Waals surface area contributed by atoms with Crippen molar-refractivity contribution in [3.05, 3.63) is 40.3 Å². The number of carbonyl (C=O) groups excluding carboxylic acids is 1. The van der Waals surface area contributed by atoms with Gasteiger partial charge in [-0.05, 0) is 29.3 Å². The molecule has 0 aliphatic heterocycles. The molecule has 0 aliphatic carbocycles. The number of hydrogen-bond donors (Lipinski definition) is 1. The molecule has 20 heavy (non-hydrogen) atoms. The van der Waals surface area contributed by atoms with E-state index >= 15 is 0 Å². The second-order valence-electron chi connectivity index (χ2n) is 3.69. The molecule has 0 fully saturated rings. The molecule has 0 atom stereocenters. The zero-order chi connectivity index (χ0) is 14.8. The quantitative estimate of drug-likeness (QED) is 0.271. The summed E-state index contributed by atoms with van der Waals surface area (Å²) in [6.45, 7) is 0.533. The van der Waals surface area contributed by atoms with Gasteiger partial charge in [0.05, 0.1) is 14.2 Å². The highest BCUT2D eigenvalue weighted by Gasteiger charge is 2.03. The van der Waals surface area contributed by atoms with Gasteiger partial charge in [0.15, 0.2) is 11.5 Å². The van der Waals surface area contributed by atoms with Gasteiger partial charge >= 0.3 is 0 Å². The van der Waals surface area contributed by atoms with Crippen LogP contribution < -0.4 is 14.8 Å². The first-order valence-corrected chi connectivity index (χ1v) is 5.90. The highest BCUT2D eigenvalue weighted by Crippen LogP contribution is 2.27. The molecule has 0 bridgehead atoms. The van der Waals surface area contributed by atoms with Gasteiger partial charge in [-0.3, -0.25) is 4.79 Å². The van der Waals surface area contributed by atoms with E-state index in [1.54, 1.807) is 32.4 Å². The average molecular weight is 276 g/mol. The smallest absolute Gasteiger partial charge is 0.243 e. The summed E-state index contributed by atoms with van der Waals surface area (Å²) in [5, 5.41) is 5.91. The number of carbonyl (C=O) groups is 1. The lowest BCUT2D eigenvalue weighted by molar-refractivity contribution is -0.116.